The SMILES string of the molecule is COc1ccc(/C=C/C(=O)OCC(=O)Nc2nc3ccc(C)cc3s2)c(OC)c1. The Balaban J connectivity index is 1.54. The third-order valence-corrected chi connectivity index (χ3v) is 4.91. The molecule has 150 valence electrons. The number of anilines is 1. The van der Waals surface area contributed by atoms with Crippen LogP contribution in [0, 0.1) is 6.92 Å². The van der Waals surface area contributed by atoms with Crippen LogP contribution in [-0.2, 0) is 14.3 Å². The van der Waals surface area contributed by atoms with Gasteiger partial charge in [0.25, 0.3) is 5.91 Å². The van der Waals surface area contributed by atoms with Crippen LogP contribution < -0.4 is 14.8 Å². The van der Waals surface area contributed by atoms with Crippen LogP contribution >= 0.6 is 11.3 Å². The summed E-state index contributed by atoms with van der Waals surface area (Å²) in [6.07, 6.45) is 2.78. The lowest BCUT2D eigenvalue weighted by molar-refractivity contribution is -0.142. The highest BCUT2D eigenvalue weighted by Crippen LogP contribution is 2.27. The van der Waals surface area contributed by atoms with E-state index in [2.05, 4.69) is 10.3 Å². The Labute approximate surface area is 171 Å². The van der Waals surface area contributed by atoms with Gasteiger partial charge in [-0.1, -0.05) is 17.4 Å². The van der Waals surface area contributed by atoms with E-state index >= 15 is 0 Å². The molecular weight excluding hydrogens is 392 g/mol. The molecule has 0 aliphatic rings. The van der Waals surface area contributed by atoms with E-state index in [1.165, 1.54) is 24.5 Å². The van der Waals surface area contributed by atoms with Crippen molar-refractivity contribution >= 4 is 44.6 Å². The Morgan fingerprint density at radius 2 is 1.97 bits per heavy atom. The lowest BCUT2D eigenvalue weighted by Crippen LogP contribution is -2.19. The summed E-state index contributed by atoms with van der Waals surface area (Å²) < 4.78 is 16.4. The van der Waals surface area contributed by atoms with Crippen LogP contribution in [0.3, 0.4) is 0 Å². The van der Waals surface area contributed by atoms with Gasteiger partial charge in [0.05, 0.1) is 24.4 Å². The molecule has 0 aliphatic heterocycles. The third kappa shape index (κ3) is 5.32. The Morgan fingerprint density at radius 3 is 2.72 bits per heavy atom. The monoisotopic (exact) mass is 412 g/mol. The quantitative estimate of drug-likeness (QED) is 0.469. The molecule has 8 heteroatoms. The van der Waals surface area contributed by atoms with Crippen molar-refractivity contribution in [2.75, 3.05) is 26.1 Å². The summed E-state index contributed by atoms with van der Waals surface area (Å²) in [5, 5.41) is 3.11. The van der Waals surface area contributed by atoms with Crippen molar-refractivity contribution in [2.24, 2.45) is 0 Å². The van der Waals surface area contributed by atoms with Crippen molar-refractivity contribution in [3.63, 3.8) is 0 Å². The zero-order valence-corrected chi connectivity index (χ0v) is 17.0. The lowest BCUT2D eigenvalue weighted by Gasteiger charge is -2.07. The van der Waals surface area contributed by atoms with E-state index in [0.717, 1.165) is 15.8 Å². The largest absolute Gasteiger partial charge is 0.497 e. The maximum absolute atomic E-state index is 12.0. The number of aryl methyl sites for hydroxylation is 1. The van der Waals surface area contributed by atoms with Crippen molar-refractivity contribution < 1.29 is 23.8 Å². The van der Waals surface area contributed by atoms with E-state index in [4.69, 9.17) is 14.2 Å². The molecule has 0 fully saturated rings. The normalized spacial score (nSPS) is 10.9. The molecule has 0 unspecified atom stereocenters. The highest BCUT2D eigenvalue weighted by molar-refractivity contribution is 7.22. The number of amides is 1. The standard InChI is InChI=1S/C21H20N2O5S/c1-13-4-8-16-18(10-13)29-21(22-16)23-19(24)12-28-20(25)9-6-14-5-7-15(26-2)11-17(14)27-3/h4-11H,12H2,1-3H3,(H,22,23,24)/b9-6+. The predicted octanol–water partition coefficient (Wildman–Crippen LogP) is 3.82. The zero-order valence-electron chi connectivity index (χ0n) is 16.2. The first-order valence-electron chi connectivity index (χ1n) is 8.72. The summed E-state index contributed by atoms with van der Waals surface area (Å²) >= 11 is 1.37. The average molecular weight is 412 g/mol. The Bertz CT molecular complexity index is 1070. The number of benzene rings is 2. The minimum atomic E-state index is -0.641. The topological polar surface area (TPSA) is 86.8 Å². The molecule has 0 saturated carbocycles. The number of nitrogens with zero attached hydrogens (tertiary/aromatic N) is 1. The second kappa shape index (κ2) is 9.20. The zero-order chi connectivity index (χ0) is 20.8. The van der Waals surface area contributed by atoms with E-state index in [-0.39, 0.29) is 0 Å². The van der Waals surface area contributed by atoms with Gasteiger partial charge in [0.15, 0.2) is 11.7 Å². The minimum absolute atomic E-state index is 0.405. The number of fused-ring (bicyclic) bond motifs is 1. The first-order chi connectivity index (χ1) is 14.0. The summed E-state index contributed by atoms with van der Waals surface area (Å²) in [4.78, 5) is 28.3. The van der Waals surface area contributed by atoms with Gasteiger partial charge in [-0.2, -0.15) is 0 Å². The fraction of sp³-hybridized carbons (Fsp3) is 0.190. The van der Waals surface area contributed by atoms with Gasteiger partial charge < -0.3 is 14.2 Å². The average Bonchev–Trinajstić information content (AvgIpc) is 3.11. The number of hydrogen-bond donors (Lipinski definition) is 1. The first kappa shape index (κ1) is 20.3. The molecule has 1 heterocycles. The number of carbonyl (C=O) groups excluding carboxylic acids is 2. The van der Waals surface area contributed by atoms with Crippen molar-refractivity contribution in [2.45, 2.75) is 6.92 Å². The maximum atomic E-state index is 12.0. The van der Waals surface area contributed by atoms with E-state index in [9.17, 15) is 9.59 Å². The van der Waals surface area contributed by atoms with Crippen LogP contribution in [0.1, 0.15) is 11.1 Å². The fourth-order valence-corrected chi connectivity index (χ4v) is 3.52. The summed E-state index contributed by atoms with van der Waals surface area (Å²) in [6, 6.07) is 11.1. The molecule has 0 saturated heterocycles. The van der Waals surface area contributed by atoms with Gasteiger partial charge in [0, 0.05) is 17.7 Å². The molecule has 1 N–H and O–H groups in total. The number of hydrogen-bond acceptors (Lipinski definition) is 7. The second-order valence-corrected chi connectivity index (χ2v) is 7.12. The molecule has 2 aromatic carbocycles. The van der Waals surface area contributed by atoms with E-state index in [0.29, 0.717) is 22.2 Å². The Morgan fingerprint density at radius 1 is 1.14 bits per heavy atom. The molecule has 0 aliphatic carbocycles. The van der Waals surface area contributed by atoms with E-state index < -0.39 is 18.5 Å². The van der Waals surface area contributed by atoms with Gasteiger partial charge in [-0.25, -0.2) is 9.78 Å². The van der Waals surface area contributed by atoms with Crippen LogP contribution in [-0.4, -0.2) is 37.7 Å². The molecule has 29 heavy (non-hydrogen) atoms. The molecule has 3 aromatic rings. The van der Waals surface area contributed by atoms with Crippen molar-refractivity contribution in [1.29, 1.82) is 0 Å². The Hall–Kier alpha value is -3.39. The molecule has 0 atom stereocenters. The molecule has 0 bridgehead atoms. The number of aromatic nitrogens is 1. The van der Waals surface area contributed by atoms with Crippen LogP contribution in [0.15, 0.2) is 42.5 Å². The van der Waals surface area contributed by atoms with Crippen LogP contribution in [0.25, 0.3) is 16.3 Å². The number of thiazole rings is 1. The highest BCUT2D eigenvalue weighted by Gasteiger charge is 2.10. The smallest absolute Gasteiger partial charge is 0.331 e. The van der Waals surface area contributed by atoms with Gasteiger partial charge in [0.1, 0.15) is 11.5 Å². The van der Waals surface area contributed by atoms with Crippen LogP contribution in [0.2, 0.25) is 0 Å². The van der Waals surface area contributed by atoms with E-state index in [1.807, 2.05) is 25.1 Å². The maximum Gasteiger partial charge on any atom is 0.331 e. The number of rotatable bonds is 7. The molecule has 1 aromatic heterocycles. The van der Waals surface area contributed by atoms with Crippen molar-refractivity contribution in [3.8, 4) is 11.5 Å². The second-order valence-electron chi connectivity index (χ2n) is 6.09. The predicted molar refractivity (Wildman–Crippen MR) is 113 cm³/mol. The number of nitrogens with one attached hydrogen (secondary N) is 1. The minimum Gasteiger partial charge on any atom is -0.497 e. The molecular formula is C21H20N2O5S. The van der Waals surface area contributed by atoms with Gasteiger partial charge in [-0.3, -0.25) is 10.1 Å². The molecule has 0 spiro atoms. The van der Waals surface area contributed by atoms with Crippen LogP contribution in [0.5, 0.6) is 11.5 Å². The summed E-state index contributed by atoms with van der Waals surface area (Å²) in [6.45, 7) is 1.59. The molecule has 1 amide bonds. The molecule has 3 rings (SSSR count). The number of methoxy groups -OCH3 is 2. The Kier molecular flexibility index (Phi) is 6.46. The van der Waals surface area contributed by atoms with E-state index in [1.54, 1.807) is 31.4 Å². The lowest BCUT2D eigenvalue weighted by atomic mass is 10.2. The van der Waals surface area contributed by atoms with Crippen molar-refractivity contribution in [3.05, 3.63) is 53.6 Å². The van der Waals surface area contributed by atoms with Crippen molar-refractivity contribution in [1.82, 2.24) is 4.98 Å². The van der Waals surface area contributed by atoms with Crippen LogP contribution in [0.4, 0.5) is 5.13 Å². The summed E-state index contributed by atoms with van der Waals surface area (Å²) in [7, 11) is 3.08. The first-order valence-corrected chi connectivity index (χ1v) is 9.54. The third-order valence-electron chi connectivity index (χ3n) is 3.98. The summed E-state index contributed by atoms with van der Waals surface area (Å²) in [5.41, 5.74) is 2.61. The van der Waals surface area contributed by atoms with Gasteiger partial charge >= 0.3 is 5.97 Å². The van der Waals surface area contributed by atoms with Gasteiger partial charge in [-0.05, 0) is 42.8 Å². The number of ether oxygens (including phenoxy) is 3. The van der Waals surface area contributed by atoms with Gasteiger partial charge in [-0.15, -0.1) is 0 Å². The number of carbonyl (C=O) groups is 2. The fourth-order valence-electron chi connectivity index (χ4n) is 2.54. The number of esters is 1. The highest BCUT2D eigenvalue weighted by atomic mass is 32.1. The summed E-state index contributed by atoms with van der Waals surface area (Å²) in [5.74, 6) is 0.1000. The van der Waals surface area contributed by atoms with Gasteiger partial charge in [0.2, 0.25) is 0 Å². The molecule has 0 radical (unpaired) electrons. The molecule has 7 nitrogen and oxygen atoms in total.